The fourth-order valence-electron chi connectivity index (χ4n) is 2.33. The lowest BCUT2D eigenvalue weighted by Crippen LogP contribution is -2.28. The van der Waals surface area contributed by atoms with Gasteiger partial charge in [0.2, 0.25) is 0 Å². The molecule has 23 heavy (non-hydrogen) atoms. The first-order chi connectivity index (χ1) is 11.3. The highest BCUT2D eigenvalue weighted by atomic mass is 16.5. The Hall–Kier alpha value is -1.88. The van der Waals surface area contributed by atoms with Gasteiger partial charge in [0.1, 0.15) is 12.4 Å². The summed E-state index contributed by atoms with van der Waals surface area (Å²) in [5.74, 6) is 0.893. The van der Waals surface area contributed by atoms with Gasteiger partial charge in [0, 0.05) is 26.2 Å². The predicted octanol–water partition coefficient (Wildman–Crippen LogP) is 2.25. The Balaban J connectivity index is 1.75. The predicted molar refractivity (Wildman–Crippen MR) is 93.6 cm³/mol. The van der Waals surface area contributed by atoms with E-state index in [-0.39, 0.29) is 6.61 Å². The van der Waals surface area contributed by atoms with Crippen molar-refractivity contribution in [1.29, 1.82) is 0 Å². The van der Waals surface area contributed by atoms with E-state index >= 15 is 0 Å². The normalized spacial score (nSPS) is 10.7. The number of aryl methyl sites for hydroxylation is 1. The molecule has 0 atom stereocenters. The molecular weight excluding hydrogens is 288 g/mol. The van der Waals surface area contributed by atoms with Crippen molar-refractivity contribution >= 4 is 0 Å². The van der Waals surface area contributed by atoms with E-state index in [1.54, 1.807) is 0 Å². The van der Waals surface area contributed by atoms with Gasteiger partial charge in [0.05, 0.1) is 6.61 Å². The summed E-state index contributed by atoms with van der Waals surface area (Å²) in [4.78, 5) is 0. The lowest BCUT2D eigenvalue weighted by atomic mass is 10.1. The SMILES string of the molecule is Cc1cccc(COc2cccc(CNCCNCCO)c2)c1. The van der Waals surface area contributed by atoms with E-state index in [4.69, 9.17) is 9.84 Å². The highest BCUT2D eigenvalue weighted by molar-refractivity contribution is 5.29. The second kappa shape index (κ2) is 10.0. The lowest BCUT2D eigenvalue weighted by Gasteiger charge is -2.10. The molecule has 0 saturated heterocycles. The van der Waals surface area contributed by atoms with Gasteiger partial charge in [-0.2, -0.15) is 0 Å². The Morgan fingerprint density at radius 1 is 0.913 bits per heavy atom. The fourth-order valence-corrected chi connectivity index (χ4v) is 2.33. The van der Waals surface area contributed by atoms with Gasteiger partial charge in [-0.15, -0.1) is 0 Å². The summed E-state index contributed by atoms with van der Waals surface area (Å²) >= 11 is 0. The fraction of sp³-hybridized carbons (Fsp3) is 0.368. The van der Waals surface area contributed by atoms with Crippen LogP contribution in [0.25, 0.3) is 0 Å². The maximum absolute atomic E-state index is 8.68. The summed E-state index contributed by atoms with van der Waals surface area (Å²) in [6.45, 7) is 6.03. The molecule has 0 spiro atoms. The highest BCUT2D eigenvalue weighted by Crippen LogP contribution is 2.15. The van der Waals surface area contributed by atoms with Gasteiger partial charge in [-0.3, -0.25) is 0 Å². The number of aliphatic hydroxyl groups is 1. The molecule has 0 saturated carbocycles. The van der Waals surface area contributed by atoms with E-state index in [2.05, 4.69) is 54.0 Å². The van der Waals surface area contributed by atoms with Gasteiger partial charge in [-0.1, -0.05) is 42.0 Å². The van der Waals surface area contributed by atoms with E-state index in [0.29, 0.717) is 13.2 Å². The molecule has 0 bridgehead atoms. The van der Waals surface area contributed by atoms with Crippen LogP contribution in [0.3, 0.4) is 0 Å². The number of ether oxygens (including phenoxy) is 1. The lowest BCUT2D eigenvalue weighted by molar-refractivity contribution is 0.292. The number of benzene rings is 2. The van der Waals surface area contributed by atoms with Crippen molar-refractivity contribution in [2.45, 2.75) is 20.1 Å². The summed E-state index contributed by atoms with van der Waals surface area (Å²) in [5.41, 5.74) is 3.64. The van der Waals surface area contributed by atoms with Crippen LogP contribution in [-0.4, -0.2) is 31.3 Å². The van der Waals surface area contributed by atoms with Gasteiger partial charge in [-0.25, -0.2) is 0 Å². The minimum atomic E-state index is 0.181. The molecule has 2 aromatic rings. The number of hydrogen-bond acceptors (Lipinski definition) is 4. The highest BCUT2D eigenvalue weighted by Gasteiger charge is 1.99. The molecule has 3 N–H and O–H groups in total. The molecule has 0 aliphatic heterocycles. The molecule has 0 heterocycles. The molecule has 2 rings (SSSR count). The summed E-state index contributed by atoms with van der Waals surface area (Å²) in [7, 11) is 0. The first-order valence-electron chi connectivity index (χ1n) is 8.07. The van der Waals surface area contributed by atoms with E-state index in [0.717, 1.165) is 25.4 Å². The van der Waals surface area contributed by atoms with Crippen molar-refractivity contribution in [3.05, 3.63) is 65.2 Å². The maximum Gasteiger partial charge on any atom is 0.120 e. The van der Waals surface area contributed by atoms with Crippen molar-refractivity contribution in [1.82, 2.24) is 10.6 Å². The minimum Gasteiger partial charge on any atom is -0.489 e. The molecule has 0 fully saturated rings. The second-order valence-electron chi connectivity index (χ2n) is 5.58. The number of rotatable bonds is 10. The van der Waals surface area contributed by atoms with Crippen molar-refractivity contribution in [2.75, 3.05) is 26.2 Å². The summed E-state index contributed by atoms with van der Waals surface area (Å²) in [6.07, 6.45) is 0. The topological polar surface area (TPSA) is 53.5 Å². The van der Waals surface area contributed by atoms with Crippen LogP contribution in [0.2, 0.25) is 0 Å². The monoisotopic (exact) mass is 314 g/mol. The third-order valence-corrected chi connectivity index (χ3v) is 3.48. The first kappa shape index (κ1) is 17.5. The zero-order valence-corrected chi connectivity index (χ0v) is 13.7. The zero-order chi connectivity index (χ0) is 16.3. The molecule has 0 aliphatic rings. The van der Waals surface area contributed by atoms with Crippen LogP contribution in [-0.2, 0) is 13.2 Å². The largest absolute Gasteiger partial charge is 0.489 e. The molecule has 124 valence electrons. The van der Waals surface area contributed by atoms with Crippen molar-refractivity contribution in [3.8, 4) is 5.75 Å². The molecule has 4 heteroatoms. The smallest absolute Gasteiger partial charge is 0.120 e. The van der Waals surface area contributed by atoms with E-state index in [1.165, 1.54) is 16.7 Å². The average molecular weight is 314 g/mol. The van der Waals surface area contributed by atoms with E-state index < -0.39 is 0 Å². The summed E-state index contributed by atoms with van der Waals surface area (Å²) in [5, 5.41) is 15.2. The average Bonchev–Trinajstić information content (AvgIpc) is 2.57. The van der Waals surface area contributed by atoms with Crippen LogP contribution in [0, 0.1) is 6.92 Å². The van der Waals surface area contributed by atoms with Gasteiger partial charge in [0.25, 0.3) is 0 Å². The molecular formula is C19H26N2O2. The van der Waals surface area contributed by atoms with Crippen molar-refractivity contribution in [2.24, 2.45) is 0 Å². The molecule has 2 aromatic carbocycles. The summed E-state index contributed by atoms with van der Waals surface area (Å²) < 4.78 is 5.88. The van der Waals surface area contributed by atoms with E-state index in [9.17, 15) is 0 Å². The van der Waals surface area contributed by atoms with Gasteiger partial charge in [0.15, 0.2) is 0 Å². The Kier molecular flexibility index (Phi) is 7.60. The van der Waals surface area contributed by atoms with Crippen LogP contribution in [0.1, 0.15) is 16.7 Å². The zero-order valence-electron chi connectivity index (χ0n) is 13.7. The minimum absolute atomic E-state index is 0.181. The van der Waals surface area contributed by atoms with Crippen LogP contribution in [0.5, 0.6) is 5.75 Å². The number of hydrogen-bond donors (Lipinski definition) is 3. The molecule has 4 nitrogen and oxygen atoms in total. The standard InChI is InChI=1S/C19H26N2O2/c1-16-4-2-6-18(12-16)15-23-19-7-3-5-17(13-19)14-21-9-8-20-10-11-22/h2-7,12-13,20-22H,8-11,14-15H2,1H3. The molecule has 0 aromatic heterocycles. The Bertz CT molecular complexity index is 587. The number of nitrogens with one attached hydrogen (secondary N) is 2. The first-order valence-corrected chi connectivity index (χ1v) is 8.07. The molecule has 0 unspecified atom stereocenters. The van der Waals surface area contributed by atoms with Gasteiger partial charge >= 0.3 is 0 Å². The quantitative estimate of drug-likeness (QED) is 0.589. The Morgan fingerprint density at radius 2 is 1.70 bits per heavy atom. The third kappa shape index (κ3) is 6.82. The summed E-state index contributed by atoms with van der Waals surface area (Å²) in [6, 6.07) is 16.5. The molecule has 0 aliphatic carbocycles. The van der Waals surface area contributed by atoms with E-state index in [1.807, 2.05) is 12.1 Å². The number of aliphatic hydroxyl groups excluding tert-OH is 1. The Morgan fingerprint density at radius 3 is 2.52 bits per heavy atom. The molecule has 0 radical (unpaired) electrons. The Labute approximate surface area is 138 Å². The van der Waals surface area contributed by atoms with Crippen LogP contribution >= 0.6 is 0 Å². The molecule has 0 amide bonds. The van der Waals surface area contributed by atoms with Gasteiger partial charge < -0.3 is 20.5 Å². The van der Waals surface area contributed by atoms with Crippen LogP contribution in [0.4, 0.5) is 0 Å². The van der Waals surface area contributed by atoms with Crippen LogP contribution < -0.4 is 15.4 Å². The maximum atomic E-state index is 8.68. The van der Waals surface area contributed by atoms with Crippen molar-refractivity contribution in [3.63, 3.8) is 0 Å². The van der Waals surface area contributed by atoms with Crippen LogP contribution in [0.15, 0.2) is 48.5 Å². The third-order valence-electron chi connectivity index (χ3n) is 3.48. The van der Waals surface area contributed by atoms with Crippen molar-refractivity contribution < 1.29 is 9.84 Å². The second-order valence-corrected chi connectivity index (χ2v) is 5.58. The van der Waals surface area contributed by atoms with Gasteiger partial charge in [-0.05, 0) is 30.2 Å².